The highest BCUT2D eigenvalue weighted by Gasteiger charge is 2.51. The number of carbonyl (C=O) groups is 2. The smallest absolute Gasteiger partial charge is 0.256 e. The number of nitrogens with zero attached hydrogens (tertiary/aromatic N) is 1. The first-order valence-corrected chi connectivity index (χ1v) is 8.37. The Hall–Kier alpha value is -1.84. The van der Waals surface area contributed by atoms with Crippen LogP contribution in [0.1, 0.15) is 57.3 Å². The molecule has 1 heterocycles. The molecule has 4 heteroatoms. The quantitative estimate of drug-likeness (QED) is 0.905. The van der Waals surface area contributed by atoms with Gasteiger partial charge in [-0.15, -0.1) is 0 Å². The summed E-state index contributed by atoms with van der Waals surface area (Å²) in [6, 6.07) is 7.61. The van der Waals surface area contributed by atoms with Crippen LogP contribution in [0.25, 0.3) is 0 Å². The molecule has 2 fully saturated rings. The summed E-state index contributed by atoms with van der Waals surface area (Å²) in [6.45, 7) is 9.18. The standard InChI is InChI=1S/C19H26N2O2/c1-13(22)20-16-8-6-5-7-15(16)17(23)21-12-19(4)10-14(21)9-18(2,3)11-19/h5-8,14H,9-12H2,1-4H3,(H,20,22)/t14-,19+/m0/s1. The fourth-order valence-electron chi connectivity index (χ4n) is 4.82. The summed E-state index contributed by atoms with van der Waals surface area (Å²) in [4.78, 5) is 26.5. The van der Waals surface area contributed by atoms with Crippen molar-refractivity contribution >= 4 is 17.5 Å². The van der Waals surface area contributed by atoms with Crippen LogP contribution in [0.15, 0.2) is 24.3 Å². The van der Waals surface area contributed by atoms with E-state index in [-0.39, 0.29) is 22.6 Å². The topological polar surface area (TPSA) is 49.4 Å². The van der Waals surface area contributed by atoms with Gasteiger partial charge in [-0.25, -0.2) is 0 Å². The Morgan fingerprint density at radius 2 is 1.87 bits per heavy atom. The van der Waals surface area contributed by atoms with E-state index in [9.17, 15) is 9.59 Å². The predicted molar refractivity (Wildman–Crippen MR) is 91.3 cm³/mol. The zero-order chi connectivity index (χ0) is 16.8. The molecule has 0 aromatic heterocycles. The number of amides is 2. The first-order chi connectivity index (χ1) is 10.7. The highest BCUT2D eigenvalue weighted by Crippen LogP contribution is 2.52. The molecule has 1 aromatic carbocycles. The van der Waals surface area contributed by atoms with E-state index < -0.39 is 0 Å². The van der Waals surface area contributed by atoms with Crippen LogP contribution >= 0.6 is 0 Å². The maximum Gasteiger partial charge on any atom is 0.256 e. The Morgan fingerprint density at radius 1 is 1.17 bits per heavy atom. The van der Waals surface area contributed by atoms with E-state index in [0.717, 1.165) is 25.8 Å². The molecular formula is C19H26N2O2. The van der Waals surface area contributed by atoms with Gasteiger partial charge in [0, 0.05) is 19.5 Å². The number of rotatable bonds is 2. The first kappa shape index (κ1) is 16.0. The largest absolute Gasteiger partial charge is 0.335 e. The van der Waals surface area contributed by atoms with Crippen molar-refractivity contribution in [2.45, 2.75) is 53.0 Å². The highest BCUT2D eigenvalue weighted by atomic mass is 16.2. The SMILES string of the molecule is CC(=O)Nc1ccccc1C(=O)N1C[C@]2(C)C[C@@H]1CC(C)(C)C2. The third-order valence-electron chi connectivity index (χ3n) is 5.14. The van der Waals surface area contributed by atoms with Crippen molar-refractivity contribution in [3.05, 3.63) is 29.8 Å². The van der Waals surface area contributed by atoms with E-state index in [1.807, 2.05) is 23.1 Å². The van der Waals surface area contributed by atoms with Crippen LogP contribution in [0.5, 0.6) is 0 Å². The molecule has 0 spiro atoms. The van der Waals surface area contributed by atoms with Crippen molar-refractivity contribution in [3.8, 4) is 0 Å². The van der Waals surface area contributed by atoms with Crippen LogP contribution in [0.2, 0.25) is 0 Å². The lowest BCUT2D eigenvalue weighted by Crippen LogP contribution is -2.38. The molecule has 3 rings (SSSR count). The fraction of sp³-hybridized carbons (Fsp3) is 0.579. The van der Waals surface area contributed by atoms with E-state index in [2.05, 4.69) is 26.1 Å². The molecule has 1 aromatic rings. The average Bonchev–Trinajstić information content (AvgIpc) is 2.67. The zero-order valence-corrected chi connectivity index (χ0v) is 14.5. The van der Waals surface area contributed by atoms with E-state index >= 15 is 0 Å². The molecule has 0 unspecified atom stereocenters. The molecule has 2 bridgehead atoms. The van der Waals surface area contributed by atoms with Crippen LogP contribution in [0, 0.1) is 10.8 Å². The summed E-state index contributed by atoms with van der Waals surface area (Å²) in [5.74, 6) is -0.112. The van der Waals surface area contributed by atoms with Gasteiger partial charge in [0.05, 0.1) is 11.3 Å². The molecular weight excluding hydrogens is 288 g/mol. The lowest BCUT2D eigenvalue weighted by atomic mass is 9.65. The number of anilines is 1. The van der Waals surface area contributed by atoms with Crippen LogP contribution in [0.3, 0.4) is 0 Å². The minimum absolute atomic E-state index is 0.0424. The molecule has 2 amide bonds. The summed E-state index contributed by atoms with van der Waals surface area (Å²) < 4.78 is 0. The normalized spacial score (nSPS) is 28.5. The molecule has 1 saturated heterocycles. The summed E-state index contributed by atoms with van der Waals surface area (Å²) in [5.41, 5.74) is 1.70. The summed E-state index contributed by atoms with van der Waals surface area (Å²) >= 11 is 0. The van der Waals surface area contributed by atoms with Gasteiger partial charge in [0.15, 0.2) is 0 Å². The molecule has 2 aliphatic rings. The Kier molecular flexibility index (Phi) is 3.74. The third kappa shape index (κ3) is 3.12. The molecule has 0 radical (unpaired) electrons. The van der Waals surface area contributed by atoms with E-state index in [1.54, 1.807) is 6.07 Å². The van der Waals surface area contributed by atoms with Crippen molar-refractivity contribution in [1.82, 2.24) is 4.90 Å². The molecule has 4 nitrogen and oxygen atoms in total. The van der Waals surface area contributed by atoms with Crippen LogP contribution in [-0.4, -0.2) is 29.3 Å². The van der Waals surface area contributed by atoms with Gasteiger partial charge in [-0.05, 0) is 42.2 Å². The summed E-state index contributed by atoms with van der Waals surface area (Å²) in [5, 5.41) is 2.78. The van der Waals surface area contributed by atoms with E-state index in [4.69, 9.17) is 0 Å². The number of carbonyl (C=O) groups excluding carboxylic acids is 2. The summed E-state index contributed by atoms with van der Waals surface area (Å²) in [6.07, 6.45) is 3.30. The summed E-state index contributed by atoms with van der Waals surface area (Å²) in [7, 11) is 0. The maximum absolute atomic E-state index is 13.1. The van der Waals surface area contributed by atoms with Gasteiger partial charge in [-0.2, -0.15) is 0 Å². The number of fused-ring (bicyclic) bond motifs is 2. The van der Waals surface area contributed by atoms with Gasteiger partial charge in [-0.3, -0.25) is 9.59 Å². The second-order valence-electron chi connectivity index (χ2n) is 8.37. The molecule has 1 aliphatic carbocycles. The maximum atomic E-state index is 13.1. The molecule has 1 saturated carbocycles. The second-order valence-corrected chi connectivity index (χ2v) is 8.37. The molecule has 1 aliphatic heterocycles. The second kappa shape index (κ2) is 5.36. The van der Waals surface area contributed by atoms with Crippen molar-refractivity contribution < 1.29 is 9.59 Å². The number of nitrogens with one attached hydrogen (secondary N) is 1. The lowest BCUT2D eigenvalue weighted by Gasteiger charge is -2.39. The van der Waals surface area contributed by atoms with Crippen molar-refractivity contribution in [3.63, 3.8) is 0 Å². The number of likely N-dealkylation sites (tertiary alicyclic amines) is 1. The number of hydrogen-bond donors (Lipinski definition) is 1. The Bertz CT molecular complexity index is 653. The van der Waals surface area contributed by atoms with Crippen LogP contribution < -0.4 is 5.32 Å². The van der Waals surface area contributed by atoms with Gasteiger partial charge >= 0.3 is 0 Å². The monoisotopic (exact) mass is 314 g/mol. The first-order valence-electron chi connectivity index (χ1n) is 8.37. The molecule has 23 heavy (non-hydrogen) atoms. The van der Waals surface area contributed by atoms with Crippen molar-refractivity contribution in [1.29, 1.82) is 0 Å². The third-order valence-corrected chi connectivity index (χ3v) is 5.14. The number of hydrogen-bond acceptors (Lipinski definition) is 2. The van der Waals surface area contributed by atoms with Crippen molar-refractivity contribution in [2.75, 3.05) is 11.9 Å². The number of benzene rings is 1. The highest BCUT2D eigenvalue weighted by molar-refractivity contribution is 6.03. The van der Waals surface area contributed by atoms with Gasteiger partial charge in [0.2, 0.25) is 5.91 Å². The Balaban J connectivity index is 1.89. The van der Waals surface area contributed by atoms with Gasteiger partial charge in [0.25, 0.3) is 5.91 Å². The minimum atomic E-state index is -0.154. The Labute approximate surface area is 138 Å². The minimum Gasteiger partial charge on any atom is -0.335 e. The lowest BCUT2D eigenvalue weighted by molar-refractivity contribution is -0.114. The van der Waals surface area contributed by atoms with Gasteiger partial charge in [0.1, 0.15) is 0 Å². The average molecular weight is 314 g/mol. The fourth-order valence-corrected chi connectivity index (χ4v) is 4.82. The van der Waals surface area contributed by atoms with E-state index in [0.29, 0.717) is 17.3 Å². The van der Waals surface area contributed by atoms with Gasteiger partial charge in [-0.1, -0.05) is 32.9 Å². The molecule has 124 valence electrons. The molecule has 1 N–H and O–H groups in total. The Morgan fingerprint density at radius 3 is 2.57 bits per heavy atom. The predicted octanol–water partition coefficient (Wildman–Crippen LogP) is 3.69. The van der Waals surface area contributed by atoms with Crippen LogP contribution in [-0.2, 0) is 4.79 Å². The molecule has 2 atom stereocenters. The van der Waals surface area contributed by atoms with Crippen LogP contribution in [0.4, 0.5) is 5.69 Å². The zero-order valence-electron chi connectivity index (χ0n) is 14.5. The van der Waals surface area contributed by atoms with E-state index in [1.165, 1.54) is 6.92 Å². The van der Waals surface area contributed by atoms with Gasteiger partial charge < -0.3 is 10.2 Å². The number of para-hydroxylation sites is 1. The van der Waals surface area contributed by atoms with Crippen molar-refractivity contribution in [2.24, 2.45) is 10.8 Å².